The van der Waals surface area contributed by atoms with E-state index < -0.39 is 0 Å². The van der Waals surface area contributed by atoms with Gasteiger partial charge in [-0.1, -0.05) is 0 Å². The SMILES string of the molecule is O=C(CCC1CCNC1)N1CCN(C(=O)COc2ccc(F)cc2)CC1. The van der Waals surface area contributed by atoms with E-state index in [4.69, 9.17) is 4.74 Å². The highest BCUT2D eigenvalue weighted by molar-refractivity contribution is 5.79. The van der Waals surface area contributed by atoms with Gasteiger partial charge in [0.1, 0.15) is 11.6 Å². The second-order valence-corrected chi connectivity index (χ2v) is 6.90. The van der Waals surface area contributed by atoms with Crippen LogP contribution in [0.2, 0.25) is 0 Å². The minimum atomic E-state index is -0.339. The first-order chi connectivity index (χ1) is 12.6. The largest absolute Gasteiger partial charge is 0.484 e. The molecule has 0 radical (unpaired) electrons. The van der Waals surface area contributed by atoms with Crippen LogP contribution in [-0.2, 0) is 9.59 Å². The molecule has 26 heavy (non-hydrogen) atoms. The Labute approximate surface area is 153 Å². The molecule has 1 unspecified atom stereocenters. The Bertz CT molecular complexity index is 609. The Morgan fingerprint density at radius 2 is 1.73 bits per heavy atom. The summed E-state index contributed by atoms with van der Waals surface area (Å²) in [7, 11) is 0. The Balaban J connectivity index is 1.36. The number of benzene rings is 1. The van der Waals surface area contributed by atoms with Crippen molar-refractivity contribution in [2.75, 3.05) is 45.9 Å². The number of amides is 2. The number of nitrogens with one attached hydrogen (secondary N) is 1. The molecular formula is C19H26FN3O3. The van der Waals surface area contributed by atoms with Gasteiger partial charge >= 0.3 is 0 Å². The molecule has 142 valence electrons. The first-order valence-electron chi connectivity index (χ1n) is 9.26. The van der Waals surface area contributed by atoms with Gasteiger partial charge in [0.15, 0.2) is 6.61 Å². The quantitative estimate of drug-likeness (QED) is 0.827. The van der Waals surface area contributed by atoms with Crippen molar-refractivity contribution in [3.8, 4) is 5.75 Å². The van der Waals surface area contributed by atoms with Crippen LogP contribution in [0.3, 0.4) is 0 Å². The van der Waals surface area contributed by atoms with Crippen molar-refractivity contribution in [1.29, 1.82) is 0 Å². The number of carbonyl (C=O) groups excluding carboxylic acids is 2. The third kappa shape index (κ3) is 5.17. The maximum Gasteiger partial charge on any atom is 0.260 e. The smallest absolute Gasteiger partial charge is 0.260 e. The molecule has 0 spiro atoms. The molecule has 2 aliphatic heterocycles. The molecule has 2 fully saturated rings. The summed E-state index contributed by atoms with van der Waals surface area (Å²) in [6.07, 6.45) is 2.69. The average molecular weight is 363 g/mol. The van der Waals surface area contributed by atoms with Crippen LogP contribution in [0.4, 0.5) is 4.39 Å². The summed E-state index contributed by atoms with van der Waals surface area (Å²) in [5.74, 6) is 0.819. The molecule has 3 rings (SSSR count). The number of hydrogen-bond donors (Lipinski definition) is 1. The van der Waals surface area contributed by atoms with Gasteiger partial charge in [-0.15, -0.1) is 0 Å². The van der Waals surface area contributed by atoms with Crippen LogP contribution in [0, 0.1) is 11.7 Å². The van der Waals surface area contributed by atoms with Gasteiger partial charge in [-0.25, -0.2) is 4.39 Å². The fraction of sp³-hybridized carbons (Fsp3) is 0.579. The Morgan fingerprint density at radius 3 is 2.35 bits per heavy atom. The number of ether oxygens (including phenoxy) is 1. The van der Waals surface area contributed by atoms with E-state index in [1.165, 1.54) is 24.3 Å². The molecule has 0 aliphatic carbocycles. The fourth-order valence-electron chi connectivity index (χ4n) is 3.42. The van der Waals surface area contributed by atoms with Gasteiger partial charge in [0.2, 0.25) is 5.91 Å². The van der Waals surface area contributed by atoms with E-state index in [-0.39, 0.29) is 24.2 Å². The summed E-state index contributed by atoms with van der Waals surface area (Å²) in [6.45, 7) is 4.20. The molecule has 0 saturated carbocycles. The van der Waals surface area contributed by atoms with Gasteiger partial charge in [0.25, 0.3) is 5.91 Å². The van der Waals surface area contributed by atoms with E-state index in [1.54, 1.807) is 4.90 Å². The molecule has 0 bridgehead atoms. The highest BCUT2D eigenvalue weighted by Crippen LogP contribution is 2.16. The molecule has 6 nitrogen and oxygen atoms in total. The molecule has 7 heteroatoms. The molecule has 1 aromatic rings. The molecule has 2 saturated heterocycles. The van der Waals surface area contributed by atoms with Crippen LogP contribution in [0.15, 0.2) is 24.3 Å². The van der Waals surface area contributed by atoms with E-state index in [9.17, 15) is 14.0 Å². The first-order valence-corrected chi connectivity index (χ1v) is 9.26. The van der Waals surface area contributed by atoms with Gasteiger partial charge in [-0.3, -0.25) is 9.59 Å². The standard InChI is InChI=1S/C19H26FN3O3/c20-16-2-4-17(5-3-16)26-14-19(25)23-11-9-22(10-12-23)18(24)6-1-15-7-8-21-13-15/h2-5,15,21H,1,6-14H2. The summed E-state index contributed by atoms with van der Waals surface area (Å²) in [4.78, 5) is 28.1. The lowest BCUT2D eigenvalue weighted by atomic mass is 10.0. The van der Waals surface area contributed by atoms with Crippen LogP contribution in [0.5, 0.6) is 5.75 Å². The monoisotopic (exact) mass is 363 g/mol. The first kappa shape index (κ1) is 18.6. The van der Waals surface area contributed by atoms with Gasteiger partial charge < -0.3 is 19.9 Å². The number of piperazine rings is 1. The average Bonchev–Trinajstić information content (AvgIpc) is 3.19. The zero-order valence-electron chi connectivity index (χ0n) is 15.0. The number of halogens is 1. The maximum atomic E-state index is 12.9. The second-order valence-electron chi connectivity index (χ2n) is 6.90. The van der Waals surface area contributed by atoms with Gasteiger partial charge in [0, 0.05) is 32.6 Å². The van der Waals surface area contributed by atoms with Crippen molar-refractivity contribution < 1.29 is 18.7 Å². The molecule has 1 N–H and O–H groups in total. The predicted octanol–water partition coefficient (Wildman–Crippen LogP) is 1.26. The maximum absolute atomic E-state index is 12.9. The molecule has 2 aliphatic rings. The lowest BCUT2D eigenvalue weighted by molar-refractivity contribution is -0.140. The Hall–Kier alpha value is -2.15. The normalized spacial score (nSPS) is 20.3. The molecule has 2 amide bonds. The lowest BCUT2D eigenvalue weighted by Crippen LogP contribution is -2.51. The van der Waals surface area contributed by atoms with Gasteiger partial charge in [-0.05, 0) is 56.1 Å². The highest BCUT2D eigenvalue weighted by atomic mass is 19.1. The van der Waals surface area contributed by atoms with E-state index in [2.05, 4.69) is 5.32 Å². The van der Waals surface area contributed by atoms with Crippen molar-refractivity contribution in [3.05, 3.63) is 30.1 Å². The minimum absolute atomic E-state index is 0.0751. The molecule has 1 aromatic carbocycles. The summed E-state index contributed by atoms with van der Waals surface area (Å²) < 4.78 is 18.3. The van der Waals surface area contributed by atoms with Crippen molar-refractivity contribution in [1.82, 2.24) is 15.1 Å². The molecular weight excluding hydrogens is 337 g/mol. The zero-order valence-corrected chi connectivity index (χ0v) is 15.0. The van der Waals surface area contributed by atoms with Crippen molar-refractivity contribution in [3.63, 3.8) is 0 Å². The fourth-order valence-corrected chi connectivity index (χ4v) is 3.42. The van der Waals surface area contributed by atoms with Crippen LogP contribution in [0.1, 0.15) is 19.3 Å². The molecule has 0 aromatic heterocycles. The topological polar surface area (TPSA) is 61.9 Å². The lowest BCUT2D eigenvalue weighted by Gasteiger charge is -2.35. The Morgan fingerprint density at radius 1 is 1.08 bits per heavy atom. The van der Waals surface area contributed by atoms with Crippen molar-refractivity contribution in [2.45, 2.75) is 19.3 Å². The van der Waals surface area contributed by atoms with Crippen molar-refractivity contribution in [2.24, 2.45) is 5.92 Å². The third-order valence-corrected chi connectivity index (χ3v) is 5.09. The molecule has 1 atom stereocenters. The summed E-state index contributed by atoms with van der Waals surface area (Å²) >= 11 is 0. The van der Waals surface area contributed by atoms with Crippen LogP contribution < -0.4 is 10.1 Å². The number of nitrogens with zero attached hydrogens (tertiary/aromatic N) is 2. The minimum Gasteiger partial charge on any atom is -0.484 e. The van der Waals surface area contributed by atoms with E-state index >= 15 is 0 Å². The number of hydrogen-bond acceptors (Lipinski definition) is 4. The summed E-state index contributed by atoms with van der Waals surface area (Å²) in [6, 6.07) is 5.59. The summed E-state index contributed by atoms with van der Waals surface area (Å²) in [5, 5.41) is 3.32. The van der Waals surface area contributed by atoms with E-state index in [0.29, 0.717) is 44.3 Å². The number of rotatable bonds is 6. The second kappa shape index (κ2) is 8.98. The summed E-state index contributed by atoms with van der Waals surface area (Å²) in [5.41, 5.74) is 0. The Kier molecular flexibility index (Phi) is 6.44. The van der Waals surface area contributed by atoms with E-state index in [0.717, 1.165) is 25.9 Å². The zero-order chi connectivity index (χ0) is 18.4. The predicted molar refractivity (Wildman–Crippen MR) is 95.3 cm³/mol. The highest BCUT2D eigenvalue weighted by Gasteiger charge is 2.25. The third-order valence-electron chi connectivity index (χ3n) is 5.09. The van der Waals surface area contributed by atoms with Gasteiger partial charge in [0.05, 0.1) is 0 Å². The number of carbonyl (C=O) groups is 2. The molecule has 2 heterocycles. The van der Waals surface area contributed by atoms with E-state index in [1.807, 2.05) is 4.90 Å². The van der Waals surface area contributed by atoms with Crippen molar-refractivity contribution >= 4 is 11.8 Å². The van der Waals surface area contributed by atoms with Crippen LogP contribution >= 0.6 is 0 Å². The van der Waals surface area contributed by atoms with Gasteiger partial charge in [-0.2, -0.15) is 0 Å². The van der Waals surface area contributed by atoms with Crippen LogP contribution in [-0.4, -0.2) is 67.5 Å². The van der Waals surface area contributed by atoms with Crippen LogP contribution in [0.25, 0.3) is 0 Å².